The van der Waals surface area contributed by atoms with Crippen molar-refractivity contribution in [3.63, 3.8) is 0 Å². The number of methoxy groups -OCH3 is 1. The van der Waals surface area contributed by atoms with Crippen LogP contribution in [0.2, 0.25) is 0 Å². The summed E-state index contributed by atoms with van der Waals surface area (Å²) >= 11 is 2.40. The number of aliphatic hydroxyl groups excluding tert-OH is 2. The fourth-order valence-electron chi connectivity index (χ4n) is 4.80. The van der Waals surface area contributed by atoms with Crippen molar-refractivity contribution in [3.8, 4) is 0 Å². The monoisotopic (exact) mass is 532 g/mol. The summed E-state index contributed by atoms with van der Waals surface area (Å²) in [4.78, 5) is 23.5. The minimum atomic E-state index is -0.651. The summed E-state index contributed by atoms with van der Waals surface area (Å²) in [6.45, 7) is 0. The summed E-state index contributed by atoms with van der Waals surface area (Å²) in [5.74, 6) is -0.614. The molecule has 2 fully saturated rings. The zero-order valence-corrected chi connectivity index (χ0v) is 20.3. The first-order chi connectivity index (χ1) is 14.4. The van der Waals surface area contributed by atoms with Gasteiger partial charge in [-0.3, -0.25) is 4.79 Å². The Hall–Kier alpha value is -0.730. The van der Waals surface area contributed by atoms with Gasteiger partial charge in [0.1, 0.15) is 5.78 Å². The lowest BCUT2D eigenvalue weighted by molar-refractivity contribution is -0.134. The van der Waals surface area contributed by atoms with Gasteiger partial charge >= 0.3 is 5.97 Å². The van der Waals surface area contributed by atoms with Crippen LogP contribution in [0, 0.1) is 17.3 Å². The number of Topliss-reactive ketones (excluding diaryl/α,β-unsaturated/α-hetero) is 1. The third-order valence-electron chi connectivity index (χ3n) is 6.87. The van der Waals surface area contributed by atoms with Gasteiger partial charge < -0.3 is 14.9 Å². The Bertz CT molecular complexity index is 611. The number of esters is 1. The molecule has 2 aliphatic rings. The Labute approximate surface area is 194 Å². The molecular formula is C24H37IO5. The van der Waals surface area contributed by atoms with Gasteiger partial charge in [0.15, 0.2) is 0 Å². The summed E-state index contributed by atoms with van der Waals surface area (Å²) in [5.41, 5.74) is -0.00263. The molecule has 0 saturated heterocycles. The number of ketones is 1. The first-order valence-corrected chi connectivity index (χ1v) is 12.8. The molecular weight excluding hydrogens is 495 g/mol. The van der Waals surface area contributed by atoms with Crippen LogP contribution in [0.15, 0.2) is 24.3 Å². The van der Waals surface area contributed by atoms with Crippen LogP contribution in [0.1, 0.15) is 70.6 Å². The first-order valence-electron chi connectivity index (χ1n) is 11.3. The first kappa shape index (κ1) is 25.5. The number of unbranched alkanes of at least 4 members (excludes halogenated alkanes) is 3. The van der Waals surface area contributed by atoms with Gasteiger partial charge in [-0.05, 0) is 54.8 Å². The second kappa shape index (κ2) is 13.0. The largest absolute Gasteiger partial charge is 0.466 e. The van der Waals surface area contributed by atoms with E-state index >= 15 is 0 Å². The Morgan fingerprint density at radius 1 is 1.30 bits per heavy atom. The van der Waals surface area contributed by atoms with Crippen molar-refractivity contribution < 1.29 is 24.5 Å². The van der Waals surface area contributed by atoms with E-state index in [0.717, 1.165) is 55.8 Å². The quantitative estimate of drug-likeness (QED) is 0.0910. The van der Waals surface area contributed by atoms with Crippen molar-refractivity contribution in [2.24, 2.45) is 17.3 Å². The van der Waals surface area contributed by atoms with Gasteiger partial charge in [0, 0.05) is 24.3 Å². The highest BCUT2D eigenvalue weighted by Gasteiger charge is 2.43. The van der Waals surface area contributed by atoms with E-state index in [0.29, 0.717) is 0 Å². The van der Waals surface area contributed by atoms with Gasteiger partial charge in [-0.15, -0.1) is 0 Å². The molecule has 6 heteroatoms. The highest BCUT2D eigenvalue weighted by atomic mass is 127. The normalized spacial score (nSPS) is 26.9. The molecule has 0 aliphatic heterocycles. The SMILES string of the molecule is COC(=O)/C=C/CCCC[C@H]1C(=O)C[C@@H](O)[C@@H]1/C=C/[C@@H](O)C1(CCCCI)CCC1. The molecule has 0 unspecified atom stereocenters. The van der Waals surface area contributed by atoms with Gasteiger partial charge in [0.05, 0.1) is 19.3 Å². The van der Waals surface area contributed by atoms with E-state index in [2.05, 4.69) is 27.3 Å². The Morgan fingerprint density at radius 3 is 2.70 bits per heavy atom. The maximum absolute atomic E-state index is 12.4. The summed E-state index contributed by atoms with van der Waals surface area (Å²) in [5, 5.41) is 21.3. The fraction of sp³-hybridized carbons (Fsp3) is 0.750. The van der Waals surface area contributed by atoms with E-state index in [1.807, 2.05) is 12.2 Å². The fourth-order valence-corrected chi connectivity index (χ4v) is 5.34. The van der Waals surface area contributed by atoms with Crippen LogP contribution in [-0.4, -0.2) is 45.7 Å². The number of allylic oxidation sites excluding steroid dienone is 1. The number of carbonyl (C=O) groups is 2. The number of halogens is 1. The number of hydrogen-bond acceptors (Lipinski definition) is 5. The van der Waals surface area contributed by atoms with Gasteiger partial charge in [-0.2, -0.15) is 0 Å². The van der Waals surface area contributed by atoms with Gasteiger partial charge in [0.2, 0.25) is 0 Å². The van der Waals surface area contributed by atoms with Crippen molar-refractivity contribution in [3.05, 3.63) is 24.3 Å². The molecule has 2 aliphatic carbocycles. The summed E-state index contributed by atoms with van der Waals surface area (Å²) in [7, 11) is 1.35. The zero-order valence-electron chi connectivity index (χ0n) is 18.1. The third-order valence-corrected chi connectivity index (χ3v) is 7.64. The van der Waals surface area contributed by atoms with E-state index in [9.17, 15) is 19.8 Å². The number of carbonyl (C=O) groups excluding carboxylic acids is 2. The number of ether oxygens (including phenoxy) is 1. The van der Waals surface area contributed by atoms with E-state index in [1.54, 1.807) is 6.08 Å². The highest BCUT2D eigenvalue weighted by Crippen LogP contribution is 2.48. The molecule has 170 valence electrons. The van der Waals surface area contributed by atoms with Crippen molar-refractivity contribution in [1.82, 2.24) is 0 Å². The number of hydrogen-bond donors (Lipinski definition) is 2. The van der Waals surface area contributed by atoms with Crippen LogP contribution < -0.4 is 0 Å². The van der Waals surface area contributed by atoms with Gasteiger partial charge in [0.25, 0.3) is 0 Å². The molecule has 0 aromatic carbocycles. The molecule has 2 N–H and O–H groups in total. The molecule has 0 bridgehead atoms. The number of rotatable bonds is 13. The predicted molar refractivity (Wildman–Crippen MR) is 126 cm³/mol. The summed E-state index contributed by atoms with van der Waals surface area (Å²) in [6.07, 6.45) is 16.0. The smallest absolute Gasteiger partial charge is 0.330 e. The summed E-state index contributed by atoms with van der Waals surface area (Å²) < 4.78 is 5.71. The zero-order chi connectivity index (χ0) is 22.0. The molecule has 30 heavy (non-hydrogen) atoms. The molecule has 0 spiro atoms. The Balaban J connectivity index is 1.86. The lowest BCUT2D eigenvalue weighted by atomic mass is 9.62. The Kier molecular flexibility index (Phi) is 11.0. The minimum absolute atomic E-state index is 0.00263. The van der Waals surface area contributed by atoms with Gasteiger partial charge in [-0.25, -0.2) is 4.79 Å². The minimum Gasteiger partial charge on any atom is -0.466 e. The third kappa shape index (κ3) is 7.16. The molecule has 4 atom stereocenters. The van der Waals surface area contributed by atoms with E-state index in [4.69, 9.17) is 0 Å². The number of aliphatic hydroxyl groups is 2. The molecule has 0 amide bonds. The van der Waals surface area contributed by atoms with Crippen LogP contribution in [0.4, 0.5) is 0 Å². The maximum atomic E-state index is 12.4. The second-order valence-corrected chi connectivity index (χ2v) is 9.90. The van der Waals surface area contributed by atoms with Crippen molar-refractivity contribution in [2.45, 2.75) is 82.8 Å². The average Bonchev–Trinajstić information content (AvgIpc) is 2.96. The number of alkyl halides is 1. The van der Waals surface area contributed by atoms with Crippen LogP contribution in [0.25, 0.3) is 0 Å². The molecule has 2 rings (SSSR count). The van der Waals surface area contributed by atoms with Crippen molar-refractivity contribution in [1.29, 1.82) is 0 Å². The average molecular weight is 532 g/mol. The second-order valence-electron chi connectivity index (χ2n) is 8.82. The standard InChI is InChI=1S/C24H37IO5/c1-30-23(29)10-5-3-2-4-9-18-19(21(27)17-20(18)26)11-12-22(28)24(14-8-15-24)13-6-7-16-25/h5,10-12,18-19,21-22,27-28H,2-4,6-9,13-17H2,1H3/b10-5+,12-11+/t18-,19-,21-,22-/m1/s1. The molecule has 0 radical (unpaired) electrons. The van der Waals surface area contributed by atoms with Gasteiger partial charge in [-0.1, -0.05) is 60.1 Å². The maximum Gasteiger partial charge on any atom is 0.330 e. The lowest BCUT2D eigenvalue weighted by Crippen LogP contribution is -2.40. The Morgan fingerprint density at radius 2 is 2.07 bits per heavy atom. The van der Waals surface area contributed by atoms with E-state index in [-0.39, 0.29) is 35.4 Å². The molecule has 5 nitrogen and oxygen atoms in total. The lowest BCUT2D eigenvalue weighted by Gasteiger charge is -2.45. The molecule has 0 heterocycles. The van der Waals surface area contributed by atoms with Crippen LogP contribution in [0.3, 0.4) is 0 Å². The molecule has 0 aromatic rings. The van der Waals surface area contributed by atoms with Crippen LogP contribution >= 0.6 is 22.6 Å². The van der Waals surface area contributed by atoms with Crippen LogP contribution in [-0.2, 0) is 14.3 Å². The highest BCUT2D eigenvalue weighted by molar-refractivity contribution is 14.1. The van der Waals surface area contributed by atoms with E-state index < -0.39 is 12.2 Å². The predicted octanol–water partition coefficient (Wildman–Crippen LogP) is 4.53. The molecule has 0 aromatic heterocycles. The van der Waals surface area contributed by atoms with Crippen LogP contribution in [0.5, 0.6) is 0 Å². The van der Waals surface area contributed by atoms with Crippen molar-refractivity contribution in [2.75, 3.05) is 11.5 Å². The van der Waals surface area contributed by atoms with E-state index in [1.165, 1.54) is 26.0 Å². The van der Waals surface area contributed by atoms with Crippen molar-refractivity contribution >= 4 is 34.3 Å². The topological polar surface area (TPSA) is 83.8 Å². The molecule has 2 saturated carbocycles. The summed E-state index contributed by atoms with van der Waals surface area (Å²) in [6, 6.07) is 0.